The first-order valence-corrected chi connectivity index (χ1v) is 10.4. The maximum absolute atomic E-state index is 13.0. The van der Waals surface area contributed by atoms with E-state index in [2.05, 4.69) is 33.6 Å². The number of nitrogens with zero attached hydrogens (tertiary/aromatic N) is 5. The third kappa shape index (κ3) is 4.40. The minimum absolute atomic E-state index is 0.199. The predicted molar refractivity (Wildman–Crippen MR) is 108 cm³/mol. The summed E-state index contributed by atoms with van der Waals surface area (Å²) in [6, 6.07) is 4.19. The lowest BCUT2D eigenvalue weighted by atomic mass is 10.00. The van der Waals surface area contributed by atoms with Crippen LogP contribution in [-0.4, -0.2) is 48.4 Å². The number of likely N-dealkylation sites (tertiary alicyclic amines) is 1. The van der Waals surface area contributed by atoms with Gasteiger partial charge in [-0.2, -0.15) is 0 Å². The van der Waals surface area contributed by atoms with Crippen LogP contribution in [0.15, 0.2) is 42.3 Å². The summed E-state index contributed by atoms with van der Waals surface area (Å²) >= 11 is 1.47. The van der Waals surface area contributed by atoms with E-state index in [4.69, 9.17) is 0 Å². The van der Waals surface area contributed by atoms with Crippen molar-refractivity contribution in [2.24, 2.45) is 0 Å². The number of carbonyl (C=O) groups is 1. The average molecular weight is 386 g/mol. The molecule has 0 bridgehead atoms. The smallest absolute Gasteiger partial charge is 0.236 e. The first-order chi connectivity index (χ1) is 13.2. The highest BCUT2D eigenvalue weighted by atomic mass is 32.2. The van der Waals surface area contributed by atoms with Crippen molar-refractivity contribution in [3.8, 4) is 11.4 Å². The van der Waals surface area contributed by atoms with Gasteiger partial charge in [-0.1, -0.05) is 24.8 Å². The molecule has 6 nitrogen and oxygen atoms in total. The Morgan fingerprint density at radius 1 is 1.37 bits per heavy atom. The lowest BCUT2D eigenvalue weighted by Crippen LogP contribution is -2.46. The summed E-state index contributed by atoms with van der Waals surface area (Å²) < 4.78 is 2.00. The standard InChI is InChI=1S/C20H27N5OS/c1-4-13-25-18(16-9-11-21-12-10-16)22-23-20(25)27-15(3)19(26)24-14-7-6-8-17(24)5-2/h4,9-12,15,17H,1,5-8,13-14H2,2-3H3. The van der Waals surface area contributed by atoms with E-state index in [0.29, 0.717) is 12.6 Å². The Morgan fingerprint density at radius 2 is 2.15 bits per heavy atom. The highest BCUT2D eigenvalue weighted by Crippen LogP contribution is 2.29. The van der Waals surface area contributed by atoms with E-state index in [1.807, 2.05) is 29.7 Å². The molecule has 2 aromatic heterocycles. The first-order valence-electron chi connectivity index (χ1n) is 9.57. The number of hydrogen-bond acceptors (Lipinski definition) is 5. The van der Waals surface area contributed by atoms with Crippen LogP contribution in [0, 0.1) is 0 Å². The molecule has 2 unspecified atom stereocenters. The molecule has 3 rings (SSSR count). The molecule has 1 fully saturated rings. The number of rotatable bonds is 7. The van der Waals surface area contributed by atoms with E-state index in [9.17, 15) is 4.79 Å². The Balaban J connectivity index is 1.79. The Labute approximate surface area is 165 Å². The van der Waals surface area contributed by atoms with E-state index in [-0.39, 0.29) is 11.2 Å². The number of piperidine rings is 1. The van der Waals surface area contributed by atoms with Crippen molar-refractivity contribution < 1.29 is 4.79 Å². The zero-order valence-electron chi connectivity index (χ0n) is 16.0. The third-order valence-electron chi connectivity index (χ3n) is 4.98. The zero-order valence-corrected chi connectivity index (χ0v) is 16.9. The number of thioether (sulfide) groups is 1. The van der Waals surface area contributed by atoms with Crippen molar-refractivity contribution in [2.45, 2.75) is 62.5 Å². The molecule has 27 heavy (non-hydrogen) atoms. The highest BCUT2D eigenvalue weighted by molar-refractivity contribution is 8.00. The van der Waals surface area contributed by atoms with Crippen molar-refractivity contribution in [3.63, 3.8) is 0 Å². The molecular formula is C20H27N5OS. The monoisotopic (exact) mass is 385 g/mol. The first kappa shape index (κ1) is 19.6. The lowest BCUT2D eigenvalue weighted by Gasteiger charge is -2.36. The fourth-order valence-electron chi connectivity index (χ4n) is 3.54. The van der Waals surface area contributed by atoms with Crippen LogP contribution in [0.4, 0.5) is 0 Å². The van der Waals surface area contributed by atoms with Crippen LogP contribution in [0.25, 0.3) is 11.4 Å². The van der Waals surface area contributed by atoms with Gasteiger partial charge in [-0.3, -0.25) is 14.3 Å². The van der Waals surface area contributed by atoms with Gasteiger partial charge in [-0.05, 0) is 44.7 Å². The van der Waals surface area contributed by atoms with Gasteiger partial charge < -0.3 is 4.90 Å². The maximum atomic E-state index is 13.0. The zero-order chi connectivity index (χ0) is 19.2. The fourth-order valence-corrected chi connectivity index (χ4v) is 4.47. The van der Waals surface area contributed by atoms with Gasteiger partial charge >= 0.3 is 0 Å². The fraction of sp³-hybridized carbons (Fsp3) is 0.500. The molecular weight excluding hydrogens is 358 g/mol. The van der Waals surface area contributed by atoms with Gasteiger partial charge in [0.25, 0.3) is 0 Å². The average Bonchev–Trinajstić information content (AvgIpc) is 3.10. The Kier molecular flexibility index (Phi) is 6.66. The number of carbonyl (C=O) groups excluding carboxylic acids is 1. The highest BCUT2D eigenvalue weighted by Gasteiger charge is 2.30. The molecule has 2 aromatic rings. The molecule has 0 spiro atoms. The van der Waals surface area contributed by atoms with Gasteiger partial charge in [-0.15, -0.1) is 16.8 Å². The van der Waals surface area contributed by atoms with Crippen molar-refractivity contribution >= 4 is 17.7 Å². The second-order valence-corrected chi connectivity index (χ2v) is 8.10. The van der Waals surface area contributed by atoms with Gasteiger partial charge in [-0.25, -0.2) is 0 Å². The van der Waals surface area contributed by atoms with Crippen LogP contribution in [0.1, 0.15) is 39.5 Å². The summed E-state index contributed by atoms with van der Waals surface area (Å²) in [5.41, 5.74) is 0.951. The van der Waals surface area contributed by atoms with Gasteiger partial charge in [0, 0.05) is 37.1 Å². The van der Waals surface area contributed by atoms with Crippen LogP contribution < -0.4 is 0 Å². The number of allylic oxidation sites excluding steroid dienone is 1. The summed E-state index contributed by atoms with van der Waals surface area (Å²) in [5.74, 6) is 0.967. The molecule has 0 aliphatic carbocycles. The molecule has 144 valence electrons. The van der Waals surface area contributed by atoms with Crippen LogP contribution >= 0.6 is 11.8 Å². The molecule has 3 heterocycles. The van der Waals surface area contributed by atoms with Gasteiger partial charge in [0.1, 0.15) is 0 Å². The van der Waals surface area contributed by atoms with E-state index >= 15 is 0 Å². The molecule has 0 saturated carbocycles. The number of aromatic nitrogens is 4. The largest absolute Gasteiger partial charge is 0.339 e. The van der Waals surface area contributed by atoms with E-state index in [0.717, 1.165) is 42.4 Å². The Bertz CT molecular complexity index is 776. The molecule has 1 aliphatic heterocycles. The molecule has 1 saturated heterocycles. The topological polar surface area (TPSA) is 63.9 Å². The summed E-state index contributed by atoms with van der Waals surface area (Å²) in [6.45, 7) is 9.43. The molecule has 1 aliphatic rings. The van der Waals surface area contributed by atoms with Crippen LogP contribution in [0.2, 0.25) is 0 Å². The summed E-state index contributed by atoms with van der Waals surface area (Å²) in [6.07, 6.45) is 9.74. The number of hydrogen-bond donors (Lipinski definition) is 0. The van der Waals surface area contributed by atoms with Crippen molar-refractivity contribution in [3.05, 3.63) is 37.2 Å². The molecule has 0 aromatic carbocycles. The maximum Gasteiger partial charge on any atom is 0.236 e. The molecule has 2 atom stereocenters. The quantitative estimate of drug-likeness (QED) is 0.536. The summed E-state index contributed by atoms with van der Waals surface area (Å²) in [7, 11) is 0. The second kappa shape index (κ2) is 9.17. The second-order valence-electron chi connectivity index (χ2n) is 6.79. The van der Waals surface area contributed by atoms with Crippen molar-refractivity contribution in [2.75, 3.05) is 6.54 Å². The molecule has 7 heteroatoms. The Hall–Kier alpha value is -2.15. The minimum Gasteiger partial charge on any atom is -0.339 e. The number of amides is 1. The normalized spacial score (nSPS) is 18.3. The molecule has 0 radical (unpaired) electrons. The SMILES string of the molecule is C=CCn1c(SC(C)C(=O)N2CCCCC2CC)nnc1-c1ccncc1. The van der Waals surface area contributed by atoms with E-state index in [1.54, 1.807) is 12.4 Å². The summed E-state index contributed by atoms with van der Waals surface area (Å²) in [5, 5.41) is 9.25. The van der Waals surface area contributed by atoms with Gasteiger partial charge in [0.2, 0.25) is 5.91 Å². The number of pyridine rings is 1. The minimum atomic E-state index is -0.199. The van der Waals surface area contributed by atoms with Crippen molar-refractivity contribution in [1.82, 2.24) is 24.6 Å². The predicted octanol–water partition coefficient (Wildman–Crippen LogP) is 3.80. The van der Waals surface area contributed by atoms with Gasteiger partial charge in [0.05, 0.1) is 5.25 Å². The van der Waals surface area contributed by atoms with E-state index < -0.39 is 0 Å². The third-order valence-corrected chi connectivity index (χ3v) is 6.05. The summed E-state index contributed by atoms with van der Waals surface area (Å²) in [4.78, 5) is 19.2. The van der Waals surface area contributed by atoms with E-state index in [1.165, 1.54) is 18.2 Å². The van der Waals surface area contributed by atoms with Gasteiger partial charge in [0.15, 0.2) is 11.0 Å². The van der Waals surface area contributed by atoms with Crippen molar-refractivity contribution in [1.29, 1.82) is 0 Å². The van der Waals surface area contributed by atoms with Crippen LogP contribution in [0.3, 0.4) is 0 Å². The lowest BCUT2D eigenvalue weighted by molar-refractivity contribution is -0.134. The molecule has 1 amide bonds. The van der Waals surface area contributed by atoms with Crippen LogP contribution in [0.5, 0.6) is 0 Å². The molecule has 0 N–H and O–H groups in total. The Morgan fingerprint density at radius 3 is 2.85 bits per heavy atom. The van der Waals surface area contributed by atoms with Crippen LogP contribution in [-0.2, 0) is 11.3 Å².